The summed E-state index contributed by atoms with van der Waals surface area (Å²) in [6.07, 6.45) is 5.08. The van der Waals surface area contributed by atoms with Gasteiger partial charge in [0.1, 0.15) is 0 Å². The van der Waals surface area contributed by atoms with Crippen LogP contribution in [0.1, 0.15) is 21.5 Å². The predicted octanol–water partition coefficient (Wildman–Crippen LogP) is 1.14. The zero-order valence-corrected chi connectivity index (χ0v) is 11.6. The molecule has 21 heavy (non-hydrogen) atoms. The monoisotopic (exact) mass is 285 g/mol. The summed E-state index contributed by atoms with van der Waals surface area (Å²) in [5, 5.41) is 10.4. The first kappa shape index (κ1) is 14.5. The third kappa shape index (κ3) is 3.37. The van der Waals surface area contributed by atoms with E-state index in [0.717, 1.165) is 11.1 Å². The largest absolute Gasteiger partial charge is 0.478 e. The Morgan fingerprint density at radius 2 is 2.10 bits per heavy atom. The van der Waals surface area contributed by atoms with Crippen LogP contribution in [0.5, 0.6) is 0 Å². The molecule has 1 heterocycles. The van der Waals surface area contributed by atoms with Crippen molar-refractivity contribution in [2.24, 2.45) is 11.6 Å². The molecule has 0 aliphatic heterocycles. The minimum atomic E-state index is -1.00. The molecule has 0 unspecified atom stereocenters. The number of hydrogen-bond donors (Lipinski definition) is 3. The second-order valence-electron chi connectivity index (χ2n) is 4.59. The van der Waals surface area contributed by atoms with Gasteiger partial charge in [-0.15, -0.1) is 0 Å². The zero-order chi connectivity index (χ0) is 15.4. The summed E-state index contributed by atoms with van der Waals surface area (Å²) in [6.45, 7) is 1.85. The Labute approximate surface area is 122 Å². The summed E-state index contributed by atoms with van der Waals surface area (Å²) in [4.78, 5) is 14.0. The molecule has 1 aromatic heterocycles. The van der Waals surface area contributed by atoms with Gasteiger partial charge in [-0.2, -0.15) is 0 Å². The van der Waals surface area contributed by atoms with Crippen LogP contribution in [0.25, 0.3) is 5.70 Å². The highest BCUT2D eigenvalue weighted by Crippen LogP contribution is 2.21. The lowest BCUT2D eigenvalue weighted by molar-refractivity contribution is -0.378. The lowest BCUT2D eigenvalue weighted by Gasteiger charge is -2.18. The minimum absolute atomic E-state index is 0.172. The van der Waals surface area contributed by atoms with Crippen molar-refractivity contribution in [1.29, 1.82) is 0 Å². The average molecular weight is 285 g/mol. The van der Waals surface area contributed by atoms with Crippen molar-refractivity contribution in [2.45, 2.75) is 6.92 Å². The van der Waals surface area contributed by atoms with Gasteiger partial charge in [-0.25, -0.2) is 15.6 Å². The number of aryl methyl sites for hydroxylation is 1. The maximum atomic E-state index is 11.0. The molecular weight excluding hydrogens is 268 g/mol. The SMILES string of the molecule is Cc1ccc(C(=O)O)cc1N(N)C=C(N)c1ccc[nH+]c1. The first-order chi connectivity index (χ1) is 9.99. The number of carbonyl (C=O) groups is 1. The Balaban J connectivity index is 2.34. The van der Waals surface area contributed by atoms with Gasteiger partial charge in [0.05, 0.1) is 22.5 Å². The maximum absolute atomic E-state index is 11.0. The summed E-state index contributed by atoms with van der Waals surface area (Å²) in [5.41, 5.74) is 8.85. The number of carboxylic acids is 1. The Morgan fingerprint density at radius 1 is 1.33 bits per heavy atom. The molecule has 0 saturated carbocycles. The number of anilines is 1. The third-order valence-electron chi connectivity index (χ3n) is 3.05. The molecule has 0 atom stereocenters. The maximum Gasteiger partial charge on any atom is 0.335 e. The van der Waals surface area contributed by atoms with Gasteiger partial charge in [-0.05, 0) is 30.7 Å². The smallest absolute Gasteiger partial charge is 0.335 e. The van der Waals surface area contributed by atoms with E-state index in [1.165, 1.54) is 17.1 Å². The van der Waals surface area contributed by atoms with Crippen LogP contribution in [0.2, 0.25) is 0 Å². The van der Waals surface area contributed by atoms with Crippen molar-refractivity contribution < 1.29 is 14.9 Å². The van der Waals surface area contributed by atoms with E-state index in [2.05, 4.69) is 4.98 Å². The summed E-state index contributed by atoms with van der Waals surface area (Å²) >= 11 is 0. The Morgan fingerprint density at radius 3 is 2.71 bits per heavy atom. The average Bonchev–Trinajstić information content (AvgIpc) is 2.48. The van der Waals surface area contributed by atoms with Crippen LogP contribution in [-0.4, -0.2) is 11.1 Å². The van der Waals surface area contributed by atoms with Gasteiger partial charge in [-0.1, -0.05) is 6.07 Å². The molecule has 0 radical (unpaired) electrons. The zero-order valence-electron chi connectivity index (χ0n) is 11.6. The quantitative estimate of drug-likeness (QED) is 0.577. The number of nitrogens with two attached hydrogens (primary N) is 2. The highest BCUT2D eigenvalue weighted by atomic mass is 16.4. The number of H-pyrrole nitrogens is 1. The van der Waals surface area contributed by atoms with E-state index in [0.29, 0.717) is 11.4 Å². The van der Waals surface area contributed by atoms with Crippen LogP contribution >= 0.6 is 0 Å². The standard InChI is InChI=1S/C15H16N4O2/c1-10-4-5-11(15(20)21)7-14(10)19(17)9-13(16)12-3-2-6-18-8-12/h2-9H,16-17H2,1H3,(H,20,21)/p+1. The van der Waals surface area contributed by atoms with E-state index in [4.69, 9.17) is 16.7 Å². The van der Waals surface area contributed by atoms with Gasteiger partial charge in [0.15, 0.2) is 12.4 Å². The fraction of sp³-hybridized carbons (Fsp3) is 0.0667. The number of pyridine rings is 1. The van der Waals surface area contributed by atoms with E-state index >= 15 is 0 Å². The third-order valence-corrected chi connectivity index (χ3v) is 3.05. The molecule has 0 fully saturated rings. The fourth-order valence-corrected chi connectivity index (χ4v) is 1.89. The van der Waals surface area contributed by atoms with Crippen molar-refractivity contribution in [3.63, 3.8) is 0 Å². The van der Waals surface area contributed by atoms with Crippen LogP contribution in [0.15, 0.2) is 48.9 Å². The first-order valence-electron chi connectivity index (χ1n) is 6.30. The molecule has 0 saturated heterocycles. The molecule has 6 nitrogen and oxygen atoms in total. The van der Waals surface area contributed by atoms with Crippen molar-refractivity contribution >= 4 is 17.4 Å². The summed E-state index contributed by atoms with van der Waals surface area (Å²) in [7, 11) is 0. The van der Waals surface area contributed by atoms with E-state index in [9.17, 15) is 4.79 Å². The van der Waals surface area contributed by atoms with Crippen LogP contribution in [0.3, 0.4) is 0 Å². The van der Waals surface area contributed by atoms with Gasteiger partial charge in [-0.3, -0.25) is 5.01 Å². The van der Waals surface area contributed by atoms with Crippen LogP contribution in [0, 0.1) is 6.92 Å². The van der Waals surface area contributed by atoms with Crippen molar-refractivity contribution in [2.75, 3.05) is 5.01 Å². The Hall–Kier alpha value is -2.86. The number of aromatic amines is 1. The van der Waals surface area contributed by atoms with Gasteiger partial charge in [0.2, 0.25) is 0 Å². The van der Waals surface area contributed by atoms with Crippen LogP contribution in [-0.2, 0) is 0 Å². The Bertz CT molecular complexity index is 683. The number of hydrazine groups is 1. The van der Waals surface area contributed by atoms with E-state index in [1.54, 1.807) is 24.7 Å². The van der Waals surface area contributed by atoms with Crippen molar-refractivity contribution in [1.82, 2.24) is 0 Å². The second-order valence-corrected chi connectivity index (χ2v) is 4.59. The number of nitrogens with zero attached hydrogens (tertiary/aromatic N) is 1. The summed E-state index contributed by atoms with van der Waals surface area (Å²) in [5.74, 6) is 4.98. The Kier molecular flexibility index (Phi) is 4.20. The lowest BCUT2D eigenvalue weighted by Crippen LogP contribution is -2.27. The molecule has 0 aliphatic rings. The minimum Gasteiger partial charge on any atom is -0.478 e. The highest BCUT2D eigenvalue weighted by Gasteiger charge is 2.10. The molecule has 2 aromatic rings. The molecule has 0 bridgehead atoms. The van der Waals surface area contributed by atoms with Gasteiger partial charge >= 0.3 is 5.97 Å². The lowest BCUT2D eigenvalue weighted by atomic mass is 10.1. The number of benzene rings is 1. The van der Waals surface area contributed by atoms with Crippen molar-refractivity contribution in [3.05, 3.63) is 65.6 Å². The molecule has 6 heteroatoms. The fourth-order valence-electron chi connectivity index (χ4n) is 1.89. The van der Waals surface area contributed by atoms with Crippen LogP contribution < -0.4 is 21.6 Å². The number of aromatic carboxylic acids is 1. The van der Waals surface area contributed by atoms with Gasteiger partial charge in [0, 0.05) is 12.3 Å². The molecule has 1 aromatic carbocycles. The van der Waals surface area contributed by atoms with Crippen molar-refractivity contribution in [3.8, 4) is 0 Å². The molecule has 0 spiro atoms. The number of aromatic nitrogens is 1. The van der Waals surface area contributed by atoms with Gasteiger partial charge in [0.25, 0.3) is 0 Å². The summed E-state index contributed by atoms with van der Waals surface area (Å²) in [6, 6.07) is 8.43. The van der Waals surface area contributed by atoms with Crippen LogP contribution in [0.4, 0.5) is 5.69 Å². The molecule has 108 valence electrons. The number of hydrogen-bond acceptors (Lipinski definition) is 4. The molecular formula is C15H17N4O2+. The molecule has 2 rings (SSSR count). The molecule has 0 amide bonds. The number of nitrogens with one attached hydrogen (secondary N) is 1. The topological polar surface area (TPSA) is 107 Å². The summed E-state index contributed by atoms with van der Waals surface area (Å²) < 4.78 is 0. The number of carboxylic acid groups (broad SMARTS) is 1. The normalized spacial score (nSPS) is 11.2. The second kappa shape index (κ2) is 6.06. The van der Waals surface area contributed by atoms with E-state index < -0.39 is 5.97 Å². The van der Waals surface area contributed by atoms with Gasteiger partial charge < -0.3 is 10.8 Å². The first-order valence-corrected chi connectivity index (χ1v) is 6.30. The predicted molar refractivity (Wildman–Crippen MR) is 80.0 cm³/mol. The molecule has 6 N–H and O–H groups in total. The van der Waals surface area contributed by atoms with E-state index in [1.807, 2.05) is 19.1 Å². The highest BCUT2D eigenvalue weighted by molar-refractivity contribution is 5.89. The molecule has 0 aliphatic carbocycles. The van der Waals surface area contributed by atoms with E-state index in [-0.39, 0.29) is 5.56 Å². The number of rotatable bonds is 4.